The largest absolute Gasteiger partial charge is 0.373 e. The highest BCUT2D eigenvalue weighted by atomic mass is 16.5. The predicted molar refractivity (Wildman–Crippen MR) is 54.9 cm³/mol. The van der Waals surface area contributed by atoms with Gasteiger partial charge in [0.25, 0.3) is 0 Å². The first-order valence-electron chi connectivity index (χ1n) is 5.22. The number of fused-ring (bicyclic) bond motifs is 2. The molecular weight excluding hydrogens is 176 g/mol. The first kappa shape index (κ1) is 9.91. The minimum atomic E-state index is -0.321. The predicted octanol–water partition coefficient (Wildman–Crippen LogP) is 2.19. The highest BCUT2D eigenvalue weighted by molar-refractivity contribution is 5.95. The first-order chi connectivity index (χ1) is 6.51. The Balaban J connectivity index is 2.51. The van der Waals surface area contributed by atoms with E-state index in [2.05, 4.69) is 20.4 Å². The Hall–Kier alpha value is -0.630. The van der Waals surface area contributed by atoms with Crippen LogP contribution in [0.4, 0.5) is 0 Å². The number of ether oxygens (including phenoxy) is 1. The van der Waals surface area contributed by atoms with Gasteiger partial charge in [-0.05, 0) is 24.2 Å². The zero-order valence-electron chi connectivity index (χ0n) is 9.17. The van der Waals surface area contributed by atoms with E-state index in [-0.39, 0.29) is 22.7 Å². The number of hydrogen-bond acceptors (Lipinski definition) is 2. The summed E-state index contributed by atoms with van der Waals surface area (Å²) in [6.45, 7) is 8.19. The van der Waals surface area contributed by atoms with Crippen molar-refractivity contribution < 1.29 is 9.53 Å². The molecule has 2 heteroatoms. The molecule has 2 bridgehead atoms. The van der Waals surface area contributed by atoms with Gasteiger partial charge < -0.3 is 4.74 Å². The van der Waals surface area contributed by atoms with Crippen LogP contribution in [0.15, 0.2) is 12.7 Å². The van der Waals surface area contributed by atoms with Gasteiger partial charge in [-0.1, -0.05) is 19.9 Å². The third-order valence-corrected chi connectivity index (χ3v) is 4.59. The van der Waals surface area contributed by atoms with Gasteiger partial charge in [0.15, 0.2) is 5.78 Å². The Labute approximate surface area is 85.3 Å². The smallest absolute Gasteiger partial charge is 0.172 e. The number of Topliss-reactive ketones (excluding diaryl/α,β-unsaturated/α-hetero) is 1. The average Bonchev–Trinajstić information content (AvgIpc) is 2.49. The summed E-state index contributed by atoms with van der Waals surface area (Å²) in [5, 5.41) is 0. The standard InChI is InChI=1S/C12H18O2/c1-5-12-7-6-8(11(12,2)3)9(14-4)10(12)13/h5,8-9H,1,6-7H2,2-4H3/t8-,9?,12+/m1/s1. The van der Waals surface area contributed by atoms with E-state index in [4.69, 9.17) is 4.74 Å². The van der Waals surface area contributed by atoms with E-state index in [0.29, 0.717) is 5.92 Å². The minimum absolute atomic E-state index is 0.0203. The first-order valence-corrected chi connectivity index (χ1v) is 5.22. The summed E-state index contributed by atoms with van der Waals surface area (Å²) in [6.07, 6.45) is 3.70. The van der Waals surface area contributed by atoms with Gasteiger partial charge in [-0.2, -0.15) is 0 Å². The van der Waals surface area contributed by atoms with Gasteiger partial charge in [0.1, 0.15) is 6.10 Å². The molecule has 2 fully saturated rings. The summed E-state index contributed by atoms with van der Waals surface area (Å²) in [7, 11) is 1.64. The Morgan fingerprint density at radius 2 is 2.21 bits per heavy atom. The van der Waals surface area contributed by atoms with Crippen LogP contribution in [-0.4, -0.2) is 19.0 Å². The van der Waals surface area contributed by atoms with E-state index in [1.165, 1.54) is 0 Å². The number of carbonyl (C=O) groups is 1. The molecule has 78 valence electrons. The van der Waals surface area contributed by atoms with Crippen LogP contribution in [-0.2, 0) is 9.53 Å². The van der Waals surface area contributed by atoms with Crippen LogP contribution < -0.4 is 0 Å². The molecule has 0 N–H and O–H groups in total. The van der Waals surface area contributed by atoms with Crippen molar-refractivity contribution in [2.75, 3.05) is 7.11 Å². The molecule has 0 saturated heterocycles. The van der Waals surface area contributed by atoms with Crippen molar-refractivity contribution in [1.29, 1.82) is 0 Å². The van der Waals surface area contributed by atoms with E-state index in [0.717, 1.165) is 12.8 Å². The molecule has 0 aromatic carbocycles. The Morgan fingerprint density at radius 1 is 1.57 bits per heavy atom. The molecule has 2 rings (SSSR count). The van der Waals surface area contributed by atoms with Crippen LogP contribution in [0.3, 0.4) is 0 Å². The number of carbonyl (C=O) groups excluding carboxylic acids is 1. The molecule has 0 radical (unpaired) electrons. The summed E-state index contributed by atoms with van der Waals surface area (Å²) in [5.74, 6) is 0.620. The van der Waals surface area contributed by atoms with Crippen LogP contribution in [0.1, 0.15) is 26.7 Å². The molecule has 0 spiro atoms. The molecule has 0 aromatic heterocycles. The lowest BCUT2D eigenvalue weighted by atomic mass is 9.69. The normalized spacial score (nSPS) is 44.4. The second kappa shape index (κ2) is 2.69. The van der Waals surface area contributed by atoms with Crippen molar-refractivity contribution in [3.05, 3.63) is 12.7 Å². The molecule has 2 saturated carbocycles. The average molecular weight is 194 g/mol. The van der Waals surface area contributed by atoms with Crippen LogP contribution in [0.25, 0.3) is 0 Å². The molecule has 2 aliphatic rings. The van der Waals surface area contributed by atoms with Crippen LogP contribution in [0.2, 0.25) is 0 Å². The van der Waals surface area contributed by atoms with Crippen molar-refractivity contribution in [3.63, 3.8) is 0 Å². The van der Waals surface area contributed by atoms with Crippen molar-refractivity contribution >= 4 is 5.78 Å². The Bertz CT molecular complexity index is 293. The molecule has 2 aliphatic carbocycles. The maximum absolute atomic E-state index is 12.2. The summed E-state index contributed by atoms with van der Waals surface area (Å²) in [5.41, 5.74) is -0.301. The van der Waals surface area contributed by atoms with Gasteiger partial charge in [0.2, 0.25) is 0 Å². The summed E-state index contributed by atoms with van der Waals surface area (Å²) in [4.78, 5) is 12.2. The maximum Gasteiger partial charge on any atom is 0.172 e. The fourth-order valence-corrected chi connectivity index (χ4v) is 3.54. The lowest BCUT2D eigenvalue weighted by molar-refractivity contribution is -0.135. The van der Waals surface area contributed by atoms with Crippen molar-refractivity contribution in [3.8, 4) is 0 Å². The fraction of sp³-hybridized carbons (Fsp3) is 0.750. The molecule has 0 amide bonds. The van der Waals surface area contributed by atoms with Crippen molar-refractivity contribution in [1.82, 2.24) is 0 Å². The van der Waals surface area contributed by atoms with E-state index in [9.17, 15) is 4.79 Å². The molecule has 0 aliphatic heterocycles. The topological polar surface area (TPSA) is 26.3 Å². The lowest BCUT2D eigenvalue weighted by Crippen LogP contribution is -2.36. The Kier molecular flexibility index (Phi) is 1.91. The highest BCUT2D eigenvalue weighted by Gasteiger charge is 2.67. The lowest BCUT2D eigenvalue weighted by Gasteiger charge is -2.32. The zero-order chi connectivity index (χ0) is 10.6. The number of rotatable bonds is 2. The molecular formula is C12H18O2. The second-order valence-electron chi connectivity index (χ2n) is 5.06. The molecule has 14 heavy (non-hydrogen) atoms. The maximum atomic E-state index is 12.2. The van der Waals surface area contributed by atoms with E-state index < -0.39 is 0 Å². The van der Waals surface area contributed by atoms with Crippen LogP contribution in [0, 0.1) is 16.7 Å². The molecule has 2 nitrogen and oxygen atoms in total. The van der Waals surface area contributed by atoms with Gasteiger partial charge in [-0.15, -0.1) is 6.58 Å². The molecule has 1 unspecified atom stereocenters. The fourth-order valence-electron chi connectivity index (χ4n) is 3.54. The summed E-state index contributed by atoms with van der Waals surface area (Å²) < 4.78 is 5.32. The van der Waals surface area contributed by atoms with Crippen molar-refractivity contribution in [2.24, 2.45) is 16.7 Å². The van der Waals surface area contributed by atoms with Gasteiger partial charge in [-0.3, -0.25) is 4.79 Å². The number of ketones is 1. The van der Waals surface area contributed by atoms with Crippen LogP contribution >= 0.6 is 0 Å². The third-order valence-electron chi connectivity index (χ3n) is 4.59. The quantitative estimate of drug-likeness (QED) is 0.630. The number of hydrogen-bond donors (Lipinski definition) is 0. The van der Waals surface area contributed by atoms with E-state index in [1.807, 2.05) is 6.08 Å². The molecule has 0 heterocycles. The van der Waals surface area contributed by atoms with Gasteiger partial charge in [0.05, 0.1) is 5.41 Å². The zero-order valence-corrected chi connectivity index (χ0v) is 9.17. The number of methoxy groups -OCH3 is 1. The monoisotopic (exact) mass is 194 g/mol. The number of allylic oxidation sites excluding steroid dienone is 1. The Morgan fingerprint density at radius 3 is 2.57 bits per heavy atom. The van der Waals surface area contributed by atoms with Crippen molar-refractivity contribution in [2.45, 2.75) is 32.8 Å². The van der Waals surface area contributed by atoms with Gasteiger partial charge in [0, 0.05) is 7.11 Å². The summed E-state index contributed by atoms with van der Waals surface area (Å²) >= 11 is 0. The molecule has 0 aromatic rings. The van der Waals surface area contributed by atoms with Gasteiger partial charge >= 0.3 is 0 Å². The highest BCUT2D eigenvalue weighted by Crippen LogP contribution is 2.64. The van der Waals surface area contributed by atoms with E-state index >= 15 is 0 Å². The molecule has 3 atom stereocenters. The second-order valence-corrected chi connectivity index (χ2v) is 5.06. The van der Waals surface area contributed by atoms with Crippen LogP contribution in [0.5, 0.6) is 0 Å². The third kappa shape index (κ3) is 0.789. The SMILES string of the molecule is C=C[C@]12CC[C@H](C(OC)C1=O)C2(C)C. The summed E-state index contributed by atoms with van der Waals surface area (Å²) in [6, 6.07) is 0. The minimum Gasteiger partial charge on any atom is -0.373 e. The van der Waals surface area contributed by atoms with E-state index in [1.54, 1.807) is 7.11 Å². The van der Waals surface area contributed by atoms with Gasteiger partial charge in [-0.25, -0.2) is 0 Å².